The monoisotopic (exact) mass is 504 g/mol. The van der Waals surface area contributed by atoms with E-state index in [1.54, 1.807) is 12.1 Å². The molecule has 2 aromatic carbocycles. The fourth-order valence-corrected chi connectivity index (χ4v) is 5.57. The van der Waals surface area contributed by atoms with Crippen molar-refractivity contribution in [3.63, 3.8) is 0 Å². The summed E-state index contributed by atoms with van der Waals surface area (Å²) >= 11 is 6.46. The number of rotatable bonds is 6. The molecule has 3 fully saturated rings. The van der Waals surface area contributed by atoms with Crippen molar-refractivity contribution in [3.05, 3.63) is 64.2 Å². The topological polar surface area (TPSA) is 109 Å². The summed E-state index contributed by atoms with van der Waals surface area (Å²) in [5.74, 6) is 0.862. The van der Waals surface area contributed by atoms with Gasteiger partial charge in [-0.2, -0.15) is 0 Å². The van der Waals surface area contributed by atoms with E-state index in [9.17, 15) is 20.4 Å². The van der Waals surface area contributed by atoms with E-state index in [0.717, 1.165) is 42.9 Å². The van der Waals surface area contributed by atoms with E-state index in [1.165, 1.54) is 12.8 Å². The minimum Gasteiger partial charge on any atom is -0.490 e. The normalized spacial score (nSPS) is 30.7. The average molecular weight is 505 g/mol. The first kappa shape index (κ1) is 25.0. The molecule has 1 spiro atoms. The zero-order valence-electron chi connectivity index (χ0n) is 19.6. The summed E-state index contributed by atoms with van der Waals surface area (Å²) < 4.78 is 17.3. The van der Waals surface area contributed by atoms with Gasteiger partial charge in [-0.3, -0.25) is 0 Å². The maximum atomic E-state index is 10.5. The molecule has 35 heavy (non-hydrogen) atoms. The van der Waals surface area contributed by atoms with Crippen molar-refractivity contribution in [1.82, 2.24) is 0 Å². The number of hydrogen-bond acceptors (Lipinski definition) is 7. The van der Waals surface area contributed by atoms with Gasteiger partial charge < -0.3 is 34.6 Å². The Balaban J connectivity index is 1.23. The average Bonchev–Trinajstić information content (AvgIpc) is 2.85. The molecule has 5 rings (SSSR count). The van der Waals surface area contributed by atoms with Gasteiger partial charge in [0.05, 0.1) is 25.9 Å². The van der Waals surface area contributed by atoms with E-state index in [2.05, 4.69) is 0 Å². The molecule has 1 aliphatic carbocycles. The molecule has 7 nitrogen and oxygen atoms in total. The maximum Gasteiger partial charge on any atom is 0.119 e. The summed E-state index contributed by atoms with van der Waals surface area (Å²) in [7, 11) is 0. The molecule has 2 saturated heterocycles. The smallest absolute Gasteiger partial charge is 0.119 e. The van der Waals surface area contributed by atoms with Crippen LogP contribution in [-0.2, 0) is 15.9 Å². The molecule has 2 heterocycles. The highest BCUT2D eigenvalue weighted by atomic mass is 35.5. The van der Waals surface area contributed by atoms with E-state index < -0.39 is 37.1 Å². The van der Waals surface area contributed by atoms with E-state index in [-0.39, 0.29) is 6.10 Å². The number of benzene rings is 2. The first-order chi connectivity index (χ1) is 16.9. The van der Waals surface area contributed by atoms with Crippen LogP contribution >= 0.6 is 11.6 Å². The van der Waals surface area contributed by atoms with Crippen LogP contribution in [0.5, 0.6) is 5.75 Å². The van der Waals surface area contributed by atoms with Gasteiger partial charge in [0.2, 0.25) is 0 Å². The third-order valence-corrected chi connectivity index (χ3v) is 8.09. The molecule has 0 bridgehead atoms. The second kappa shape index (κ2) is 10.3. The zero-order valence-corrected chi connectivity index (χ0v) is 20.3. The van der Waals surface area contributed by atoms with Crippen LogP contribution in [0.25, 0.3) is 0 Å². The molecular weight excluding hydrogens is 472 g/mol. The van der Waals surface area contributed by atoms with Crippen LogP contribution < -0.4 is 4.74 Å². The zero-order chi connectivity index (χ0) is 24.6. The predicted octanol–water partition coefficient (Wildman–Crippen LogP) is 2.78. The van der Waals surface area contributed by atoms with Gasteiger partial charge >= 0.3 is 0 Å². The second-order valence-corrected chi connectivity index (χ2v) is 10.6. The quantitative estimate of drug-likeness (QED) is 0.479. The Morgan fingerprint density at radius 1 is 0.943 bits per heavy atom. The fourth-order valence-electron chi connectivity index (χ4n) is 5.38. The molecule has 0 aromatic heterocycles. The number of aliphatic hydroxyl groups is 4. The van der Waals surface area contributed by atoms with Crippen LogP contribution in [0.15, 0.2) is 42.5 Å². The van der Waals surface area contributed by atoms with Crippen LogP contribution in [0.2, 0.25) is 5.02 Å². The minimum atomic E-state index is -1.42. The lowest BCUT2D eigenvalue weighted by atomic mass is 9.72. The molecule has 0 amide bonds. The number of halogens is 1. The van der Waals surface area contributed by atoms with Crippen molar-refractivity contribution in [2.24, 2.45) is 5.41 Å². The van der Waals surface area contributed by atoms with Crippen LogP contribution in [0.4, 0.5) is 0 Å². The van der Waals surface area contributed by atoms with E-state index in [0.29, 0.717) is 22.4 Å². The fraction of sp³-hybridized carbons (Fsp3) is 0.556. The Morgan fingerprint density at radius 2 is 1.66 bits per heavy atom. The highest BCUT2D eigenvalue weighted by Gasteiger charge is 2.44. The lowest BCUT2D eigenvalue weighted by molar-refractivity contribution is -0.231. The van der Waals surface area contributed by atoms with Gasteiger partial charge in [0, 0.05) is 10.4 Å². The van der Waals surface area contributed by atoms with Crippen molar-refractivity contribution in [2.75, 3.05) is 19.8 Å². The van der Waals surface area contributed by atoms with Crippen LogP contribution in [0.1, 0.15) is 48.5 Å². The largest absolute Gasteiger partial charge is 0.490 e. The Kier molecular flexibility index (Phi) is 7.38. The highest BCUT2D eigenvalue weighted by Crippen LogP contribution is 2.43. The van der Waals surface area contributed by atoms with E-state index in [4.69, 9.17) is 25.8 Å². The summed E-state index contributed by atoms with van der Waals surface area (Å²) in [6, 6.07) is 13.3. The summed E-state index contributed by atoms with van der Waals surface area (Å²) in [6.07, 6.45) is -0.720. The summed E-state index contributed by atoms with van der Waals surface area (Å²) in [5.41, 5.74) is 2.93. The molecule has 5 atom stereocenters. The van der Waals surface area contributed by atoms with E-state index in [1.807, 2.05) is 30.3 Å². The molecule has 190 valence electrons. The third-order valence-electron chi connectivity index (χ3n) is 7.72. The van der Waals surface area contributed by atoms with Gasteiger partial charge in [-0.05, 0) is 67.0 Å². The van der Waals surface area contributed by atoms with E-state index >= 15 is 0 Å². The summed E-state index contributed by atoms with van der Waals surface area (Å²) in [4.78, 5) is 0. The SMILES string of the molecule is OC[C@H]1O[C@@H](c2ccc(Cl)c(Cc3ccc(OC4CCC5(CC4)COC5)cc3)c2)[C@H](O)[C@@H](O)[C@@H]1O. The van der Waals surface area contributed by atoms with Gasteiger partial charge in [0.1, 0.15) is 36.3 Å². The molecule has 3 aliphatic rings. The highest BCUT2D eigenvalue weighted by molar-refractivity contribution is 6.31. The van der Waals surface area contributed by atoms with Crippen LogP contribution in [0, 0.1) is 5.41 Å². The predicted molar refractivity (Wildman–Crippen MR) is 130 cm³/mol. The molecule has 0 radical (unpaired) electrons. The van der Waals surface area contributed by atoms with Crippen molar-refractivity contribution in [2.45, 2.75) is 68.7 Å². The first-order valence-corrected chi connectivity index (χ1v) is 12.7. The van der Waals surface area contributed by atoms with Crippen molar-refractivity contribution in [3.8, 4) is 5.75 Å². The van der Waals surface area contributed by atoms with Gasteiger partial charge in [-0.1, -0.05) is 35.9 Å². The van der Waals surface area contributed by atoms with Gasteiger partial charge in [0.25, 0.3) is 0 Å². The van der Waals surface area contributed by atoms with Crippen molar-refractivity contribution >= 4 is 11.6 Å². The lowest BCUT2D eigenvalue weighted by Crippen LogP contribution is -2.55. The molecule has 0 unspecified atom stereocenters. The van der Waals surface area contributed by atoms with Crippen LogP contribution in [0.3, 0.4) is 0 Å². The number of aliphatic hydroxyl groups excluding tert-OH is 4. The molecule has 4 N–H and O–H groups in total. The van der Waals surface area contributed by atoms with Gasteiger partial charge in [0.15, 0.2) is 0 Å². The van der Waals surface area contributed by atoms with Crippen molar-refractivity contribution < 1.29 is 34.6 Å². The second-order valence-electron chi connectivity index (χ2n) is 10.2. The summed E-state index contributed by atoms with van der Waals surface area (Å²) in [5, 5.41) is 40.7. The Morgan fingerprint density at radius 3 is 2.29 bits per heavy atom. The summed E-state index contributed by atoms with van der Waals surface area (Å²) in [6.45, 7) is 1.33. The van der Waals surface area contributed by atoms with Crippen LogP contribution in [-0.4, -0.2) is 70.8 Å². The maximum absolute atomic E-state index is 10.5. The Bertz CT molecular complexity index is 997. The molecule has 8 heteroatoms. The molecule has 2 aromatic rings. The number of hydrogen-bond donors (Lipinski definition) is 4. The number of ether oxygens (including phenoxy) is 3. The Hall–Kier alpha value is -1.71. The lowest BCUT2D eigenvalue weighted by Gasteiger charge is -2.46. The van der Waals surface area contributed by atoms with Gasteiger partial charge in [-0.25, -0.2) is 0 Å². The molecule has 1 saturated carbocycles. The molecular formula is C27H33ClO7. The molecule has 2 aliphatic heterocycles. The first-order valence-electron chi connectivity index (χ1n) is 12.3. The standard InChI is InChI=1S/C27H33ClO7/c28-21-6-3-17(26-25(32)24(31)23(30)22(13-29)35-26)12-18(21)11-16-1-4-19(5-2-16)34-20-7-9-27(10-8-20)14-33-15-27/h1-6,12,20,22-26,29-32H,7-11,13-15H2/t22-,23-,24+,25-,26+/m1/s1. The third kappa shape index (κ3) is 5.23. The van der Waals surface area contributed by atoms with Gasteiger partial charge in [-0.15, -0.1) is 0 Å². The Labute approximate surface area is 210 Å². The van der Waals surface area contributed by atoms with Crippen molar-refractivity contribution in [1.29, 1.82) is 0 Å². The minimum absolute atomic E-state index is 0.247.